The Morgan fingerprint density at radius 1 is 1.29 bits per heavy atom. The second-order valence-corrected chi connectivity index (χ2v) is 5.01. The monoisotopic (exact) mass is 308 g/mol. The molecule has 21 heavy (non-hydrogen) atoms. The van der Waals surface area contributed by atoms with E-state index in [4.69, 9.17) is 11.6 Å². The van der Waals surface area contributed by atoms with Crippen molar-refractivity contribution in [2.75, 3.05) is 7.05 Å². The van der Waals surface area contributed by atoms with Crippen LogP contribution in [0.1, 0.15) is 17.2 Å². The van der Waals surface area contributed by atoms with E-state index in [1.165, 1.54) is 18.2 Å². The van der Waals surface area contributed by atoms with Gasteiger partial charge < -0.3 is 5.32 Å². The van der Waals surface area contributed by atoms with E-state index in [9.17, 15) is 14.5 Å². The number of benzene rings is 2. The maximum atomic E-state index is 13.9. The molecule has 0 saturated carbocycles. The highest BCUT2D eigenvalue weighted by Gasteiger charge is 2.18. The van der Waals surface area contributed by atoms with Crippen molar-refractivity contribution in [3.63, 3.8) is 0 Å². The summed E-state index contributed by atoms with van der Waals surface area (Å²) in [7, 11) is 1.72. The third-order valence-electron chi connectivity index (χ3n) is 3.28. The van der Waals surface area contributed by atoms with Crippen molar-refractivity contribution in [2.45, 2.75) is 12.5 Å². The van der Waals surface area contributed by atoms with Crippen LogP contribution in [0.5, 0.6) is 0 Å². The number of hydrogen-bond acceptors (Lipinski definition) is 3. The Morgan fingerprint density at radius 2 is 1.95 bits per heavy atom. The molecule has 0 fully saturated rings. The molecule has 1 N–H and O–H groups in total. The molecule has 0 heterocycles. The molecule has 2 aromatic rings. The topological polar surface area (TPSA) is 55.2 Å². The second-order valence-electron chi connectivity index (χ2n) is 4.60. The summed E-state index contributed by atoms with van der Waals surface area (Å²) in [6, 6.07) is 10.5. The van der Waals surface area contributed by atoms with Gasteiger partial charge in [-0.2, -0.15) is 0 Å². The van der Waals surface area contributed by atoms with Crippen LogP contribution in [0.15, 0.2) is 42.5 Å². The minimum Gasteiger partial charge on any atom is -0.313 e. The lowest BCUT2D eigenvalue weighted by atomic mass is 9.98. The second kappa shape index (κ2) is 6.65. The number of hydrogen-bond donors (Lipinski definition) is 1. The minimum atomic E-state index is -0.451. The highest BCUT2D eigenvalue weighted by atomic mass is 35.5. The Morgan fingerprint density at radius 3 is 2.48 bits per heavy atom. The van der Waals surface area contributed by atoms with Crippen LogP contribution in [-0.4, -0.2) is 12.0 Å². The average molecular weight is 309 g/mol. The van der Waals surface area contributed by atoms with Crippen molar-refractivity contribution in [1.82, 2.24) is 5.32 Å². The van der Waals surface area contributed by atoms with Gasteiger partial charge in [-0.05, 0) is 31.2 Å². The molecule has 0 aliphatic rings. The molecule has 0 amide bonds. The quantitative estimate of drug-likeness (QED) is 0.673. The maximum absolute atomic E-state index is 13.9. The number of halogens is 2. The summed E-state index contributed by atoms with van der Waals surface area (Å²) in [4.78, 5) is 10.2. The van der Waals surface area contributed by atoms with E-state index >= 15 is 0 Å². The smallest absolute Gasteiger partial charge is 0.269 e. The van der Waals surface area contributed by atoms with Gasteiger partial charge in [0.05, 0.1) is 4.92 Å². The van der Waals surface area contributed by atoms with E-state index in [1.807, 2.05) is 0 Å². The zero-order valence-electron chi connectivity index (χ0n) is 11.3. The number of nitrogens with one attached hydrogen (secondary N) is 1. The summed E-state index contributed by atoms with van der Waals surface area (Å²) in [6.45, 7) is 0. The lowest BCUT2D eigenvalue weighted by Crippen LogP contribution is -2.20. The van der Waals surface area contributed by atoms with E-state index in [2.05, 4.69) is 5.32 Å². The van der Waals surface area contributed by atoms with Gasteiger partial charge in [0.25, 0.3) is 5.69 Å². The summed E-state index contributed by atoms with van der Waals surface area (Å²) in [5, 5.41) is 14.0. The first kappa shape index (κ1) is 15.4. The normalized spacial score (nSPS) is 12.1. The van der Waals surface area contributed by atoms with Gasteiger partial charge >= 0.3 is 0 Å². The number of likely N-dealkylation sites (N-methyl/N-ethyl adjacent to an activating group) is 1. The minimum absolute atomic E-state index is 0.0312. The fourth-order valence-corrected chi connectivity index (χ4v) is 2.48. The van der Waals surface area contributed by atoms with Gasteiger partial charge in [-0.3, -0.25) is 10.1 Å². The van der Waals surface area contributed by atoms with E-state index in [1.54, 1.807) is 31.3 Å². The third-order valence-corrected chi connectivity index (χ3v) is 3.61. The van der Waals surface area contributed by atoms with Gasteiger partial charge in [0.2, 0.25) is 0 Å². The van der Waals surface area contributed by atoms with Crippen molar-refractivity contribution < 1.29 is 9.31 Å². The molecule has 0 bridgehead atoms. The van der Waals surface area contributed by atoms with E-state index < -0.39 is 4.92 Å². The highest BCUT2D eigenvalue weighted by Crippen LogP contribution is 2.28. The predicted octanol–water partition coefficient (Wildman–Crippen LogP) is 3.89. The summed E-state index contributed by atoms with van der Waals surface area (Å²) in [5.74, 6) is -0.372. The Bertz CT molecular complexity index is 626. The zero-order chi connectivity index (χ0) is 15.4. The molecule has 1 unspecified atom stereocenters. The predicted molar refractivity (Wildman–Crippen MR) is 80.0 cm³/mol. The van der Waals surface area contributed by atoms with Gasteiger partial charge in [-0.15, -0.1) is 0 Å². The van der Waals surface area contributed by atoms with Crippen LogP contribution in [0.25, 0.3) is 0 Å². The summed E-state index contributed by atoms with van der Waals surface area (Å²) < 4.78 is 13.9. The molecule has 0 aliphatic carbocycles. The standard InChI is InChI=1S/C15H14ClFN2O2/c1-18-14(15-12(16)3-2-4-13(15)17)9-10-5-7-11(8-6-10)19(20)21/h2-8,14,18H,9H2,1H3. The van der Waals surface area contributed by atoms with Crippen LogP contribution in [-0.2, 0) is 6.42 Å². The van der Waals surface area contributed by atoms with E-state index in [0.29, 0.717) is 17.0 Å². The first-order chi connectivity index (χ1) is 10.0. The molecule has 2 rings (SSSR count). The molecule has 0 radical (unpaired) electrons. The van der Waals surface area contributed by atoms with Crippen LogP contribution >= 0.6 is 11.6 Å². The van der Waals surface area contributed by atoms with Gasteiger partial charge in [0.15, 0.2) is 0 Å². The van der Waals surface area contributed by atoms with Crippen LogP contribution < -0.4 is 5.32 Å². The van der Waals surface area contributed by atoms with Crippen LogP contribution in [0, 0.1) is 15.9 Å². The number of nitrogens with zero attached hydrogens (tertiary/aromatic N) is 1. The number of rotatable bonds is 5. The lowest BCUT2D eigenvalue weighted by molar-refractivity contribution is -0.384. The first-order valence-electron chi connectivity index (χ1n) is 6.37. The first-order valence-corrected chi connectivity index (χ1v) is 6.75. The van der Waals surface area contributed by atoms with Crippen molar-refractivity contribution >= 4 is 17.3 Å². The molecule has 0 aliphatic heterocycles. The lowest BCUT2D eigenvalue weighted by Gasteiger charge is -2.18. The molecule has 0 aromatic heterocycles. The molecule has 0 saturated heterocycles. The van der Waals surface area contributed by atoms with Crippen molar-refractivity contribution in [3.8, 4) is 0 Å². The van der Waals surface area contributed by atoms with Crippen molar-refractivity contribution in [1.29, 1.82) is 0 Å². The molecule has 2 aromatic carbocycles. The Labute approximate surface area is 126 Å². The fraction of sp³-hybridized carbons (Fsp3) is 0.200. The molecule has 110 valence electrons. The largest absolute Gasteiger partial charge is 0.313 e. The average Bonchev–Trinajstić information content (AvgIpc) is 2.46. The third kappa shape index (κ3) is 3.56. The molecular formula is C15H14ClFN2O2. The van der Waals surface area contributed by atoms with Gasteiger partial charge in [-0.25, -0.2) is 4.39 Å². The molecule has 6 heteroatoms. The van der Waals surface area contributed by atoms with Gasteiger partial charge in [0.1, 0.15) is 5.82 Å². The zero-order valence-corrected chi connectivity index (χ0v) is 12.1. The summed E-state index contributed by atoms with van der Waals surface area (Å²) >= 11 is 6.07. The number of nitro groups is 1. The Balaban J connectivity index is 2.25. The van der Waals surface area contributed by atoms with Gasteiger partial charge in [-0.1, -0.05) is 29.8 Å². The van der Waals surface area contributed by atoms with Crippen LogP contribution in [0.3, 0.4) is 0 Å². The number of nitro benzene ring substituents is 1. The maximum Gasteiger partial charge on any atom is 0.269 e. The Hall–Kier alpha value is -1.98. The fourth-order valence-electron chi connectivity index (χ4n) is 2.18. The van der Waals surface area contributed by atoms with Crippen molar-refractivity contribution in [2.24, 2.45) is 0 Å². The Kier molecular flexibility index (Phi) is 4.88. The highest BCUT2D eigenvalue weighted by molar-refractivity contribution is 6.31. The van der Waals surface area contributed by atoms with E-state index in [-0.39, 0.29) is 17.5 Å². The molecule has 1 atom stereocenters. The van der Waals surface area contributed by atoms with Crippen LogP contribution in [0.4, 0.5) is 10.1 Å². The molecule has 0 spiro atoms. The van der Waals surface area contributed by atoms with Crippen molar-refractivity contribution in [3.05, 3.63) is 74.5 Å². The number of non-ortho nitro benzene ring substituents is 1. The summed E-state index contributed by atoms with van der Waals surface area (Å²) in [6.07, 6.45) is 0.481. The van der Waals surface area contributed by atoms with E-state index in [0.717, 1.165) is 5.56 Å². The SMILES string of the molecule is CNC(Cc1ccc([N+](=O)[O-])cc1)c1c(F)cccc1Cl. The molecule has 4 nitrogen and oxygen atoms in total. The summed E-state index contributed by atoms with van der Waals surface area (Å²) in [5.41, 5.74) is 1.29. The van der Waals surface area contributed by atoms with Gasteiger partial charge in [0, 0.05) is 28.8 Å². The molecular weight excluding hydrogens is 295 g/mol. The van der Waals surface area contributed by atoms with Crippen LogP contribution in [0.2, 0.25) is 5.02 Å².